The van der Waals surface area contributed by atoms with Gasteiger partial charge in [0.25, 0.3) is 5.91 Å². The van der Waals surface area contributed by atoms with E-state index in [1.807, 2.05) is 6.07 Å². The van der Waals surface area contributed by atoms with E-state index >= 15 is 0 Å². The molecule has 0 aliphatic heterocycles. The Morgan fingerprint density at radius 2 is 2.12 bits per heavy atom. The van der Waals surface area contributed by atoms with Crippen molar-refractivity contribution in [1.82, 2.24) is 9.55 Å². The van der Waals surface area contributed by atoms with Crippen molar-refractivity contribution >= 4 is 22.9 Å². The highest BCUT2D eigenvalue weighted by Gasteiger charge is 2.20. The lowest BCUT2D eigenvalue weighted by Crippen LogP contribution is -2.12. The van der Waals surface area contributed by atoms with Crippen LogP contribution in [0.2, 0.25) is 0 Å². The van der Waals surface area contributed by atoms with E-state index in [0.29, 0.717) is 22.2 Å². The standard InChI is InChI=1S/C18H13N3O3/c1-2-24-18(23)15-11-21(16-14(15)7-4-8-20-16)17(22)13-6-3-5-12(9-13)10-19/h3-9,11H,2H2,1H3. The zero-order chi connectivity index (χ0) is 17.1. The molecule has 0 aliphatic rings. The van der Waals surface area contributed by atoms with Crippen molar-refractivity contribution in [3.8, 4) is 6.07 Å². The van der Waals surface area contributed by atoms with Crippen LogP contribution < -0.4 is 0 Å². The Balaban J connectivity index is 2.14. The number of ether oxygens (including phenoxy) is 1. The van der Waals surface area contributed by atoms with Crippen LogP contribution in [0.1, 0.15) is 33.2 Å². The first kappa shape index (κ1) is 15.4. The molecular formula is C18H13N3O3. The second-order valence-electron chi connectivity index (χ2n) is 5.01. The molecule has 0 N–H and O–H groups in total. The fourth-order valence-corrected chi connectivity index (χ4v) is 2.45. The van der Waals surface area contributed by atoms with Gasteiger partial charge in [-0.3, -0.25) is 9.36 Å². The molecule has 6 nitrogen and oxygen atoms in total. The van der Waals surface area contributed by atoms with E-state index in [2.05, 4.69) is 4.98 Å². The molecule has 1 aromatic carbocycles. The third kappa shape index (κ3) is 2.63. The SMILES string of the molecule is CCOC(=O)c1cn(C(=O)c2cccc(C#N)c2)c2ncccc12. The molecule has 0 fully saturated rings. The maximum atomic E-state index is 12.8. The number of fused-ring (bicyclic) bond motifs is 1. The number of hydrogen-bond acceptors (Lipinski definition) is 5. The summed E-state index contributed by atoms with van der Waals surface area (Å²) >= 11 is 0. The van der Waals surface area contributed by atoms with Crippen LogP contribution in [0.3, 0.4) is 0 Å². The molecule has 118 valence electrons. The Bertz CT molecular complexity index is 983. The van der Waals surface area contributed by atoms with E-state index in [-0.39, 0.29) is 18.1 Å². The quantitative estimate of drug-likeness (QED) is 0.693. The van der Waals surface area contributed by atoms with Crippen molar-refractivity contribution in [3.63, 3.8) is 0 Å². The number of pyridine rings is 1. The van der Waals surface area contributed by atoms with Crippen LogP contribution in [0.15, 0.2) is 48.8 Å². The van der Waals surface area contributed by atoms with Gasteiger partial charge in [-0.2, -0.15) is 5.26 Å². The van der Waals surface area contributed by atoms with Crippen LogP contribution in [0.5, 0.6) is 0 Å². The van der Waals surface area contributed by atoms with Crippen LogP contribution in [0.25, 0.3) is 11.0 Å². The average molecular weight is 319 g/mol. The minimum Gasteiger partial charge on any atom is -0.462 e. The molecule has 3 rings (SSSR count). The van der Waals surface area contributed by atoms with E-state index in [9.17, 15) is 9.59 Å². The molecule has 0 atom stereocenters. The molecule has 0 amide bonds. The lowest BCUT2D eigenvalue weighted by atomic mass is 10.1. The van der Waals surface area contributed by atoms with Crippen molar-refractivity contribution in [1.29, 1.82) is 5.26 Å². The molecule has 2 aromatic heterocycles. The Labute approximate surface area is 137 Å². The number of hydrogen-bond donors (Lipinski definition) is 0. The monoisotopic (exact) mass is 319 g/mol. The predicted octanol–water partition coefficient (Wildman–Crippen LogP) is 2.77. The molecule has 2 heterocycles. The van der Waals surface area contributed by atoms with E-state index in [1.54, 1.807) is 43.5 Å². The zero-order valence-electron chi connectivity index (χ0n) is 12.9. The first-order chi connectivity index (χ1) is 11.7. The van der Waals surface area contributed by atoms with Gasteiger partial charge >= 0.3 is 5.97 Å². The van der Waals surface area contributed by atoms with Gasteiger partial charge in [-0.25, -0.2) is 9.78 Å². The summed E-state index contributed by atoms with van der Waals surface area (Å²) in [6.45, 7) is 1.96. The minimum absolute atomic E-state index is 0.240. The molecule has 0 spiro atoms. The molecule has 0 aliphatic carbocycles. The lowest BCUT2D eigenvalue weighted by Gasteiger charge is -2.03. The van der Waals surface area contributed by atoms with Gasteiger partial charge in [-0.1, -0.05) is 6.07 Å². The second-order valence-corrected chi connectivity index (χ2v) is 5.01. The number of carbonyl (C=O) groups excluding carboxylic acids is 2. The number of benzene rings is 1. The van der Waals surface area contributed by atoms with Gasteiger partial charge in [0.05, 0.1) is 23.8 Å². The molecule has 24 heavy (non-hydrogen) atoms. The summed E-state index contributed by atoms with van der Waals surface area (Å²) in [7, 11) is 0. The molecular weight excluding hydrogens is 306 g/mol. The zero-order valence-corrected chi connectivity index (χ0v) is 12.9. The fraction of sp³-hybridized carbons (Fsp3) is 0.111. The van der Waals surface area contributed by atoms with Crippen molar-refractivity contribution in [2.24, 2.45) is 0 Å². The summed E-state index contributed by atoms with van der Waals surface area (Å²) in [5.41, 5.74) is 1.38. The molecule has 0 saturated heterocycles. The first-order valence-corrected chi connectivity index (χ1v) is 7.33. The Morgan fingerprint density at radius 3 is 2.88 bits per heavy atom. The van der Waals surface area contributed by atoms with Gasteiger partial charge in [0.1, 0.15) is 5.65 Å². The first-order valence-electron chi connectivity index (χ1n) is 7.33. The fourth-order valence-electron chi connectivity index (χ4n) is 2.45. The van der Waals surface area contributed by atoms with Crippen molar-refractivity contribution in [2.45, 2.75) is 6.92 Å². The second kappa shape index (κ2) is 6.34. The molecule has 0 saturated carbocycles. The van der Waals surface area contributed by atoms with E-state index in [0.717, 1.165) is 0 Å². The van der Waals surface area contributed by atoms with Gasteiger partial charge in [-0.15, -0.1) is 0 Å². The number of aromatic nitrogens is 2. The van der Waals surface area contributed by atoms with Gasteiger partial charge in [0, 0.05) is 23.3 Å². The van der Waals surface area contributed by atoms with Gasteiger partial charge in [0.15, 0.2) is 0 Å². The number of rotatable bonds is 3. The number of esters is 1. The highest BCUT2D eigenvalue weighted by atomic mass is 16.5. The minimum atomic E-state index is -0.507. The van der Waals surface area contributed by atoms with Crippen LogP contribution in [0.4, 0.5) is 0 Å². The van der Waals surface area contributed by atoms with Crippen LogP contribution in [-0.4, -0.2) is 28.0 Å². The summed E-state index contributed by atoms with van der Waals surface area (Å²) < 4.78 is 6.34. The Kier molecular flexibility index (Phi) is 4.08. The Morgan fingerprint density at radius 1 is 1.29 bits per heavy atom. The summed E-state index contributed by atoms with van der Waals surface area (Å²) in [6, 6.07) is 11.8. The van der Waals surface area contributed by atoms with Crippen molar-refractivity contribution in [3.05, 3.63) is 65.5 Å². The summed E-state index contributed by atoms with van der Waals surface area (Å²) in [6.07, 6.45) is 2.98. The highest BCUT2D eigenvalue weighted by molar-refractivity contribution is 6.08. The molecule has 6 heteroatoms. The third-order valence-electron chi connectivity index (χ3n) is 3.52. The summed E-state index contributed by atoms with van der Waals surface area (Å²) in [4.78, 5) is 29.1. The maximum absolute atomic E-state index is 12.8. The Hall–Kier alpha value is -3.46. The topological polar surface area (TPSA) is 85.0 Å². The van der Waals surface area contributed by atoms with Gasteiger partial charge in [0.2, 0.25) is 0 Å². The van der Waals surface area contributed by atoms with Crippen molar-refractivity contribution < 1.29 is 14.3 Å². The normalized spacial score (nSPS) is 10.3. The molecule has 0 radical (unpaired) electrons. The maximum Gasteiger partial charge on any atom is 0.340 e. The number of nitrogens with zero attached hydrogens (tertiary/aromatic N) is 3. The molecule has 3 aromatic rings. The third-order valence-corrected chi connectivity index (χ3v) is 3.52. The van der Waals surface area contributed by atoms with E-state index in [1.165, 1.54) is 16.8 Å². The number of nitriles is 1. The molecule has 0 unspecified atom stereocenters. The highest BCUT2D eigenvalue weighted by Crippen LogP contribution is 2.21. The smallest absolute Gasteiger partial charge is 0.340 e. The van der Waals surface area contributed by atoms with E-state index in [4.69, 9.17) is 10.00 Å². The average Bonchev–Trinajstić information content (AvgIpc) is 3.01. The van der Waals surface area contributed by atoms with Gasteiger partial charge < -0.3 is 4.74 Å². The van der Waals surface area contributed by atoms with E-state index < -0.39 is 5.97 Å². The van der Waals surface area contributed by atoms with Crippen molar-refractivity contribution in [2.75, 3.05) is 6.61 Å². The lowest BCUT2D eigenvalue weighted by molar-refractivity contribution is 0.0528. The van der Waals surface area contributed by atoms with Crippen LogP contribution >= 0.6 is 0 Å². The van der Waals surface area contributed by atoms with Crippen LogP contribution in [-0.2, 0) is 4.74 Å². The molecule has 0 bridgehead atoms. The van der Waals surface area contributed by atoms with Gasteiger partial charge in [-0.05, 0) is 37.3 Å². The van der Waals surface area contributed by atoms with Crippen LogP contribution in [0, 0.1) is 11.3 Å². The predicted molar refractivity (Wildman–Crippen MR) is 86.6 cm³/mol. The summed E-state index contributed by atoms with van der Waals surface area (Å²) in [5, 5.41) is 9.52. The largest absolute Gasteiger partial charge is 0.462 e. The number of carbonyl (C=O) groups is 2. The summed E-state index contributed by atoms with van der Waals surface area (Å²) in [5.74, 6) is -0.876.